The summed E-state index contributed by atoms with van der Waals surface area (Å²) in [5.74, 6) is -0.00579. The van der Waals surface area contributed by atoms with Crippen LogP contribution in [0.15, 0.2) is 91.0 Å². The van der Waals surface area contributed by atoms with Crippen molar-refractivity contribution in [2.24, 2.45) is 0 Å². The lowest BCUT2D eigenvalue weighted by Crippen LogP contribution is -2.20. The molecule has 0 heterocycles. The van der Waals surface area contributed by atoms with Gasteiger partial charge in [-0.05, 0) is 42.0 Å². The fraction of sp³-hybridized carbons (Fsp3) is 0.133. The molecule has 0 aliphatic carbocycles. The van der Waals surface area contributed by atoms with E-state index in [2.05, 4.69) is 10.6 Å². The minimum Gasteiger partial charge on any atom is -0.493 e. The van der Waals surface area contributed by atoms with Crippen molar-refractivity contribution in [2.45, 2.75) is 6.10 Å². The SMILES string of the molecule is COC(=O)c1cc(NC(=O)Nc2ccc(OC)c(OC)c2)ccc1OC(c1ccccc1)c1ccccc1F. The number of urea groups is 1. The van der Waals surface area contributed by atoms with Gasteiger partial charge in [-0.2, -0.15) is 0 Å². The van der Waals surface area contributed by atoms with Gasteiger partial charge in [0.25, 0.3) is 0 Å². The molecule has 0 aliphatic rings. The molecular formula is C30H27FN2O6. The largest absolute Gasteiger partial charge is 0.493 e. The highest BCUT2D eigenvalue weighted by Gasteiger charge is 2.23. The molecule has 2 N–H and O–H groups in total. The summed E-state index contributed by atoms with van der Waals surface area (Å²) in [6, 6.07) is 24.3. The Morgan fingerprint density at radius 3 is 1.97 bits per heavy atom. The van der Waals surface area contributed by atoms with Gasteiger partial charge in [0.1, 0.15) is 17.1 Å². The van der Waals surface area contributed by atoms with E-state index in [1.165, 1.54) is 39.5 Å². The number of amides is 2. The Morgan fingerprint density at radius 2 is 1.33 bits per heavy atom. The maximum atomic E-state index is 14.8. The highest BCUT2D eigenvalue weighted by molar-refractivity contribution is 6.01. The molecule has 0 fully saturated rings. The summed E-state index contributed by atoms with van der Waals surface area (Å²) in [6.07, 6.45) is -0.844. The van der Waals surface area contributed by atoms with E-state index < -0.39 is 23.9 Å². The summed E-state index contributed by atoms with van der Waals surface area (Å²) >= 11 is 0. The third-order valence-electron chi connectivity index (χ3n) is 5.82. The van der Waals surface area contributed by atoms with E-state index in [-0.39, 0.29) is 11.3 Å². The summed E-state index contributed by atoms with van der Waals surface area (Å²) in [6.45, 7) is 0. The first-order chi connectivity index (χ1) is 18.9. The first-order valence-corrected chi connectivity index (χ1v) is 11.9. The normalized spacial score (nSPS) is 11.2. The van der Waals surface area contributed by atoms with Gasteiger partial charge in [-0.15, -0.1) is 0 Å². The van der Waals surface area contributed by atoms with Crippen molar-refractivity contribution < 1.29 is 32.9 Å². The molecule has 0 spiro atoms. The van der Waals surface area contributed by atoms with Crippen molar-refractivity contribution in [3.05, 3.63) is 114 Å². The van der Waals surface area contributed by atoms with Crippen LogP contribution in [0, 0.1) is 5.82 Å². The molecule has 4 aromatic rings. The second-order valence-electron chi connectivity index (χ2n) is 8.28. The fourth-order valence-corrected chi connectivity index (χ4v) is 3.94. The Hall–Kier alpha value is -5.05. The standard InChI is InChI=1S/C30H27FN2O6/c1-36-26-16-14-21(18-27(26)37-2)33-30(35)32-20-13-15-25(23(17-20)29(34)38-3)39-28(19-9-5-4-6-10-19)22-11-7-8-12-24(22)31/h4-18,28H,1-3H3,(H2,32,33,35). The zero-order valence-electron chi connectivity index (χ0n) is 21.6. The number of methoxy groups -OCH3 is 3. The van der Waals surface area contributed by atoms with Crippen LogP contribution >= 0.6 is 0 Å². The molecule has 4 aromatic carbocycles. The van der Waals surface area contributed by atoms with Crippen molar-refractivity contribution in [1.82, 2.24) is 0 Å². The number of ether oxygens (including phenoxy) is 4. The molecule has 4 rings (SSSR count). The van der Waals surface area contributed by atoms with E-state index >= 15 is 0 Å². The van der Waals surface area contributed by atoms with E-state index in [4.69, 9.17) is 18.9 Å². The third-order valence-corrected chi connectivity index (χ3v) is 5.82. The second-order valence-corrected chi connectivity index (χ2v) is 8.28. The van der Waals surface area contributed by atoms with Gasteiger partial charge in [0, 0.05) is 23.0 Å². The molecule has 0 radical (unpaired) electrons. The first kappa shape index (κ1) is 27.0. The maximum absolute atomic E-state index is 14.8. The van der Waals surface area contributed by atoms with Crippen molar-refractivity contribution >= 4 is 23.4 Å². The van der Waals surface area contributed by atoms with Crippen LogP contribution in [0.5, 0.6) is 17.2 Å². The Morgan fingerprint density at radius 1 is 0.718 bits per heavy atom. The zero-order valence-corrected chi connectivity index (χ0v) is 21.6. The predicted octanol–water partition coefficient (Wildman–Crippen LogP) is 6.44. The maximum Gasteiger partial charge on any atom is 0.341 e. The quantitative estimate of drug-likeness (QED) is 0.242. The van der Waals surface area contributed by atoms with Crippen LogP contribution in [0.25, 0.3) is 0 Å². The number of hydrogen-bond donors (Lipinski definition) is 2. The first-order valence-electron chi connectivity index (χ1n) is 11.9. The van der Waals surface area contributed by atoms with Crippen LogP contribution in [0.3, 0.4) is 0 Å². The van der Waals surface area contributed by atoms with Crippen LogP contribution in [-0.2, 0) is 4.74 Å². The van der Waals surface area contributed by atoms with Crippen molar-refractivity contribution in [3.63, 3.8) is 0 Å². The monoisotopic (exact) mass is 530 g/mol. The Balaban J connectivity index is 1.60. The highest BCUT2D eigenvalue weighted by atomic mass is 19.1. The van der Waals surface area contributed by atoms with Gasteiger partial charge in [0.05, 0.1) is 21.3 Å². The van der Waals surface area contributed by atoms with E-state index in [9.17, 15) is 14.0 Å². The molecule has 2 amide bonds. The molecule has 0 aromatic heterocycles. The lowest BCUT2D eigenvalue weighted by atomic mass is 10.0. The van der Waals surface area contributed by atoms with E-state index in [0.717, 1.165) is 0 Å². The van der Waals surface area contributed by atoms with Crippen LogP contribution < -0.4 is 24.8 Å². The molecule has 0 aliphatic heterocycles. The molecule has 0 saturated heterocycles. The van der Waals surface area contributed by atoms with Crippen molar-refractivity contribution in [1.29, 1.82) is 0 Å². The lowest BCUT2D eigenvalue weighted by Gasteiger charge is -2.22. The van der Waals surface area contributed by atoms with Gasteiger partial charge in [0.2, 0.25) is 0 Å². The number of carbonyl (C=O) groups excluding carboxylic acids is 2. The average Bonchev–Trinajstić information content (AvgIpc) is 2.96. The number of esters is 1. The average molecular weight is 531 g/mol. The number of nitrogens with one attached hydrogen (secondary N) is 2. The zero-order chi connectivity index (χ0) is 27.8. The molecule has 39 heavy (non-hydrogen) atoms. The molecule has 0 saturated carbocycles. The van der Waals surface area contributed by atoms with Gasteiger partial charge in [-0.1, -0.05) is 48.5 Å². The molecule has 1 atom stereocenters. The Kier molecular flexibility index (Phi) is 8.63. The van der Waals surface area contributed by atoms with Gasteiger partial charge in [0.15, 0.2) is 17.6 Å². The van der Waals surface area contributed by atoms with Crippen molar-refractivity contribution in [2.75, 3.05) is 32.0 Å². The van der Waals surface area contributed by atoms with Crippen LogP contribution in [0.2, 0.25) is 0 Å². The summed E-state index contributed by atoms with van der Waals surface area (Å²) in [5, 5.41) is 5.38. The minimum atomic E-state index is -0.844. The number of anilines is 2. The van der Waals surface area contributed by atoms with E-state index in [1.54, 1.807) is 42.5 Å². The molecular weight excluding hydrogens is 503 g/mol. The lowest BCUT2D eigenvalue weighted by molar-refractivity contribution is 0.0594. The second kappa shape index (κ2) is 12.5. The summed E-state index contributed by atoms with van der Waals surface area (Å²) in [5.41, 5.74) is 1.82. The van der Waals surface area contributed by atoms with Crippen LogP contribution in [0.4, 0.5) is 20.6 Å². The highest BCUT2D eigenvalue weighted by Crippen LogP contribution is 2.34. The van der Waals surface area contributed by atoms with E-state index in [0.29, 0.717) is 34.0 Å². The number of benzene rings is 4. The molecule has 1 unspecified atom stereocenters. The smallest absolute Gasteiger partial charge is 0.341 e. The summed E-state index contributed by atoms with van der Waals surface area (Å²) < 4.78 is 36.4. The van der Waals surface area contributed by atoms with Gasteiger partial charge in [-0.3, -0.25) is 0 Å². The van der Waals surface area contributed by atoms with Gasteiger partial charge < -0.3 is 29.6 Å². The Labute approximate surface area is 225 Å². The number of carbonyl (C=O) groups is 2. The Bertz CT molecular complexity index is 1460. The topological polar surface area (TPSA) is 95.1 Å². The molecule has 9 heteroatoms. The predicted molar refractivity (Wildman–Crippen MR) is 145 cm³/mol. The number of halogens is 1. The summed E-state index contributed by atoms with van der Waals surface area (Å²) in [4.78, 5) is 25.4. The third kappa shape index (κ3) is 6.45. The molecule has 200 valence electrons. The van der Waals surface area contributed by atoms with Crippen LogP contribution in [-0.4, -0.2) is 33.3 Å². The van der Waals surface area contributed by atoms with Gasteiger partial charge >= 0.3 is 12.0 Å². The number of hydrogen-bond acceptors (Lipinski definition) is 6. The van der Waals surface area contributed by atoms with Gasteiger partial charge in [-0.25, -0.2) is 14.0 Å². The fourth-order valence-electron chi connectivity index (χ4n) is 3.94. The summed E-state index contributed by atoms with van der Waals surface area (Å²) in [7, 11) is 4.25. The minimum absolute atomic E-state index is 0.0543. The van der Waals surface area contributed by atoms with E-state index in [1.807, 2.05) is 30.3 Å². The molecule has 8 nitrogen and oxygen atoms in total. The van der Waals surface area contributed by atoms with Crippen LogP contribution in [0.1, 0.15) is 27.6 Å². The number of rotatable bonds is 9. The molecule has 0 bridgehead atoms. The van der Waals surface area contributed by atoms with Crippen molar-refractivity contribution in [3.8, 4) is 17.2 Å².